The lowest BCUT2D eigenvalue weighted by molar-refractivity contribution is -0.137. The van der Waals surface area contributed by atoms with Crippen LogP contribution in [0.15, 0.2) is 0 Å². The molecule has 1 unspecified atom stereocenters. The minimum atomic E-state index is -0.762. The van der Waals surface area contributed by atoms with Gasteiger partial charge in [-0.25, -0.2) is 0 Å². The average Bonchev–Trinajstić information content (AvgIpc) is 2.39. The maximum Gasteiger partial charge on any atom is 0.303 e. The number of carbonyl (C=O) groups excluding carboxylic acids is 1. The van der Waals surface area contributed by atoms with E-state index in [1.807, 2.05) is 13.2 Å². The number of carboxylic acid groups (broad SMARTS) is 1. The second kappa shape index (κ2) is 11.1. The van der Waals surface area contributed by atoms with Gasteiger partial charge in [-0.1, -0.05) is 13.3 Å². The molecule has 6 heteroatoms. The molecule has 4 N–H and O–H groups in total. The summed E-state index contributed by atoms with van der Waals surface area (Å²) in [6.45, 7) is 2.61. The Morgan fingerprint density at radius 3 is 2.53 bits per heavy atom. The number of hydrogen-bond acceptors (Lipinski definition) is 4. The van der Waals surface area contributed by atoms with Crippen LogP contribution in [0, 0.1) is 5.92 Å². The Bertz CT molecular complexity index is 275. The molecular formula is C13H26N2O3S. The lowest BCUT2D eigenvalue weighted by Crippen LogP contribution is -2.41. The number of amides is 1. The van der Waals surface area contributed by atoms with Crippen LogP contribution >= 0.6 is 11.8 Å². The number of carbonyl (C=O) groups is 2. The van der Waals surface area contributed by atoms with Crippen molar-refractivity contribution < 1.29 is 14.7 Å². The SMILES string of the molecule is CCC(CCNC(=O)[C@@H](N)CCSC)CCC(=O)O. The average molecular weight is 290 g/mol. The molecule has 112 valence electrons. The molecule has 0 bridgehead atoms. The third kappa shape index (κ3) is 9.78. The normalized spacial score (nSPS) is 13.8. The number of thioether (sulfide) groups is 1. The first-order valence-electron chi connectivity index (χ1n) is 6.75. The fourth-order valence-electron chi connectivity index (χ4n) is 1.79. The molecule has 19 heavy (non-hydrogen) atoms. The first-order chi connectivity index (χ1) is 9.01. The third-order valence-corrected chi connectivity index (χ3v) is 3.81. The number of aliphatic carboxylic acids is 1. The van der Waals surface area contributed by atoms with Crippen molar-refractivity contribution in [2.75, 3.05) is 18.6 Å². The van der Waals surface area contributed by atoms with Gasteiger partial charge in [0.15, 0.2) is 0 Å². The molecule has 0 aliphatic carbocycles. The van der Waals surface area contributed by atoms with Crippen LogP contribution < -0.4 is 11.1 Å². The predicted molar refractivity (Wildman–Crippen MR) is 79.3 cm³/mol. The van der Waals surface area contributed by atoms with Crippen molar-refractivity contribution in [3.05, 3.63) is 0 Å². The van der Waals surface area contributed by atoms with Gasteiger partial charge < -0.3 is 16.2 Å². The van der Waals surface area contributed by atoms with Crippen LogP contribution in [0.25, 0.3) is 0 Å². The molecule has 0 aliphatic rings. The largest absolute Gasteiger partial charge is 0.481 e. The van der Waals surface area contributed by atoms with Gasteiger partial charge in [-0.05, 0) is 37.2 Å². The first kappa shape index (κ1) is 18.2. The van der Waals surface area contributed by atoms with E-state index in [1.165, 1.54) is 0 Å². The Hall–Kier alpha value is -0.750. The van der Waals surface area contributed by atoms with Gasteiger partial charge in [0.2, 0.25) is 5.91 Å². The molecule has 0 aliphatic heterocycles. The van der Waals surface area contributed by atoms with Crippen LogP contribution in [-0.2, 0) is 9.59 Å². The molecule has 0 fully saturated rings. The zero-order chi connectivity index (χ0) is 14.7. The number of hydrogen-bond donors (Lipinski definition) is 3. The monoisotopic (exact) mass is 290 g/mol. The van der Waals surface area contributed by atoms with Crippen molar-refractivity contribution in [3.63, 3.8) is 0 Å². The highest BCUT2D eigenvalue weighted by Crippen LogP contribution is 2.14. The maximum absolute atomic E-state index is 11.6. The quantitative estimate of drug-likeness (QED) is 0.536. The van der Waals surface area contributed by atoms with Gasteiger partial charge in [-0.2, -0.15) is 11.8 Å². The number of nitrogens with one attached hydrogen (secondary N) is 1. The summed E-state index contributed by atoms with van der Waals surface area (Å²) < 4.78 is 0. The number of carboxylic acids is 1. The highest BCUT2D eigenvalue weighted by molar-refractivity contribution is 7.98. The van der Waals surface area contributed by atoms with E-state index in [9.17, 15) is 9.59 Å². The molecule has 0 aromatic heterocycles. The summed E-state index contributed by atoms with van der Waals surface area (Å²) >= 11 is 1.67. The van der Waals surface area contributed by atoms with Gasteiger partial charge in [-0.15, -0.1) is 0 Å². The molecule has 0 saturated heterocycles. The van der Waals surface area contributed by atoms with Gasteiger partial charge in [-0.3, -0.25) is 9.59 Å². The van der Waals surface area contributed by atoms with Crippen LogP contribution in [0.5, 0.6) is 0 Å². The molecule has 0 aromatic rings. The van der Waals surface area contributed by atoms with E-state index in [2.05, 4.69) is 5.32 Å². The first-order valence-corrected chi connectivity index (χ1v) is 8.14. The van der Waals surface area contributed by atoms with Crippen molar-refractivity contribution >= 4 is 23.6 Å². The van der Waals surface area contributed by atoms with Crippen LogP contribution in [-0.4, -0.2) is 41.6 Å². The van der Waals surface area contributed by atoms with E-state index >= 15 is 0 Å². The van der Waals surface area contributed by atoms with Crippen molar-refractivity contribution in [3.8, 4) is 0 Å². The summed E-state index contributed by atoms with van der Waals surface area (Å²) in [6.07, 6.45) is 5.27. The van der Waals surface area contributed by atoms with E-state index in [-0.39, 0.29) is 12.3 Å². The van der Waals surface area contributed by atoms with Crippen LogP contribution in [0.4, 0.5) is 0 Å². The van der Waals surface area contributed by atoms with E-state index < -0.39 is 12.0 Å². The molecule has 0 heterocycles. The summed E-state index contributed by atoms with van der Waals surface area (Å²) in [7, 11) is 0. The van der Waals surface area contributed by atoms with Crippen molar-refractivity contribution in [2.45, 2.75) is 45.1 Å². The lowest BCUT2D eigenvalue weighted by Gasteiger charge is -2.16. The summed E-state index contributed by atoms with van der Waals surface area (Å²) in [5, 5.41) is 11.5. The summed E-state index contributed by atoms with van der Waals surface area (Å²) in [4.78, 5) is 22.1. The minimum absolute atomic E-state index is 0.109. The second-order valence-corrected chi connectivity index (χ2v) is 5.66. The molecule has 1 amide bonds. The minimum Gasteiger partial charge on any atom is -0.481 e. The standard InChI is InChI=1S/C13H26N2O3S/c1-3-10(4-5-12(16)17)6-8-15-13(18)11(14)7-9-19-2/h10-11H,3-9,14H2,1-2H3,(H,15,18)(H,16,17)/t10?,11-/m0/s1. The highest BCUT2D eigenvalue weighted by Gasteiger charge is 2.13. The molecule has 2 atom stereocenters. The lowest BCUT2D eigenvalue weighted by atomic mass is 9.96. The van der Waals surface area contributed by atoms with Gasteiger partial charge in [0.1, 0.15) is 0 Å². The summed E-state index contributed by atoms with van der Waals surface area (Å²) in [5.74, 6) is 0.354. The Morgan fingerprint density at radius 1 is 1.32 bits per heavy atom. The fraction of sp³-hybridized carbons (Fsp3) is 0.846. The van der Waals surface area contributed by atoms with Crippen LogP contribution in [0.2, 0.25) is 0 Å². The van der Waals surface area contributed by atoms with Crippen molar-refractivity contribution in [2.24, 2.45) is 11.7 Å². The Kier molecular flexibility index (Phi) is 10.7. The van der Waals surface area contributed by atoms with Gasteiger partial charge >= 0.3 is 5.97 Å². The molecule has 0 rings (SSSR count). The molecule has 0 saturated carbocycles. The molecule has 0 radical (unpaired) electrons. The molecule has 0 spiro atoms. The molecular weight excluding hydrogens is 264 g/mol. The van der Waals surface area contributed by atoms with Gasteiger partial charge in [0.05, 0.1) is 6.04 Å². The van der Waals surface area contributed by atoms with Crippen molar-refractivity contribution in [1.82, 2.24) is 5.32 Å². The summed E-state index contributed by atoms with van der Waals surface area (Å²) in [5.41, 5.74) is 5.75. The Labute approximate surface area is 119 Å². The second-order valence-electron chi connectivity index (χ2n) is 4.67. The van der Waals surface area contributed by atoms with E-state index in [1.54, 1.807) is 11.8 Å². The zero-order valence-electron chi connectivity index (χ0n) is 11.9. The Morgan fingerprint density at radius 2 is 2.00 bits per heavy atom. The topological polar surface area (TPSA) is 92.4 Å². The Balaban J connectivity index is 3.79. The van der Waals surface area contributed by atoms with E-state index in [0.717, 1.165) is 18.6 Å². The van der Waals surface area contributed by atoms with Gasteiger partial charge in [0, 0.05) is 13.0 Å². The predicted octanol–water partition coefficient (Wildman–Crippen LogP) is 1.46. The number of nitrogens with two attached hydrogens (primary N) is 1. The number of rotatable bonds is 11. The maximum atomic E-state index is 11.6. The smallest absolute Gasteiger partial charge is 0.303 e. The summed E-state index contributed by atoms with van der Waals surface area (Å²) in [6, 6.07) is -0.438. The van der Waals surface area contributed by atoms with E-state index in [0.29, 0.717) is 25.3 Å². The highest BCUT2D eigenvalue weighted by atomic mass is 32.2. The zero-order valence-corrected chi connectivity index (χ0v) is 12.7. The fourth-order valence-corrected chi connectivity index (χ4v) is 2.28. The van der Waals surface area contributed by atoms with Crippen molar-refractivity contribution in [1.29, 1.82) is 0 Å². The van der Waals surface area contributed by atoms with Crippen LogP contribution in [0.3, 0.4) is 0 Å². The third-order valence-electron chi connectivity index (χ3n) is 3.17. The van der Waals surface area contributed by atoms with Crippen LogP contribution in [0.1, 0.15) is 39.0 Å². The van der Waals surface area contributed by atoms with Gasteiger partial charge in [0.25, 0.3) is 0 Å². The van der Waals surface area contributed by atoms with E-state index in [4.69, 9.17) is 10.8 Å². The molecule has 5 nitrogen and oxygen atoms in total. The molecule has 0 aromatic carbocycles.